The van der Waals surface area contributed by atoms with Gasteiger partial charge in [-0.2, -0.15) is 26.3 Å². The van der Waals surface area contributed by atoms with Gasteiger partial charge in [0.05, 0.1) is 44.7 Å². The van der Waals surface area contributed by atoms with E-state index in [9.17, 15) is 36.2 Å². The zero-order valence-corrected chi connectivity index (χ0v) is 36.6. The fourth-order valence-electron chi connectivity index (χ4n) is 6.55. The normalized spacial score (nSPS) is 20.6. The summed E-state index contributed by atoms with van der Waals surface area (Å²) in [6, 6.07) is 7.03. The summed E-state index contributed by atoms with van der Waals surface area (Å²) in [6.07, 6.45) is 2.73. The van der Waals surface area contributed by atoms with Crippen LogP contribution < -0.4 is 4.74 Å². The predicted molar refractivity (Wildman–Crippen MR) is 221 cm³/mol. The summed E-state index contributed by atoms with van der Waals surface area (Å²) in [5.74, 6) is -0.344. The third kappa shape index (κ3) is 23.0. The maximum atomic E-state index is 13.4. The second kappa shape index (κ2) is 27.9. The van der Waals surface area contributed by atoms with Gasteiger partial charge in [-0.1, -0.05) is 79.3 Å². The molecule has 1 aromatic carbocycles. The number of esters is 1. The Hall–Kier alpha value is -3.12. The Labute approximate surface area is 361 Å². The first-order valence-electron chi connectivity index (χ1n) is 20.4. The number of aliphatic hydroxyl groups is 1. The summed E-state index contributed by atoms with van der Waals surface area (Å²) in [7, 11) is 0.00122. The van der Waals surface area contributed by atoms with Crippen molar-refractivity contribution in [2.45, 2.75) is 114 Å². The van der Waals surface area contributed by atoms with Crippen molar-refractivity contribution in [3.63, 3.8) is 0 Å². The number of methoxy groups -OCH3 is 2. The van der Waals surface area contributed by atoms with Gasteiger partial charge in [-0.15, -0.1) is 0 Å². The molecule has 0 aromatic heterocycles. The number of rotatable bonds is 28. The summed E-state index contributed by atoms with van der Waals surface area (Å²) in [5.41, 5.74) is 2.73. The van der Waals surface area contributed by atoms with Crippen LogP contribution in [0.3, 0.4) is 0 Å². The van der Waals surface area contributed by atoms with Crippen LogP contribution in [0.5, 0.6) is 5.75 Å². The Morgan fingerprint density at radius 2 is 1.74 bits per heavy atom. The lowest BCUT2D eigenvalue weighted by Gasteiger charge is -2.28. The van der Waals surface area contributed by atoms with E-state index in [1.165, 1.54) is 14.2 Å². The van der Waals surface area contributed by atoms with Crippen LogP contribution in [0.25, 0.3) is 0 Å². The topological polar surface area (TPSA) is 120 Å². The summed E-state index contributed by atoms with van der Waals surface area (Å²) < 4.78 is 128. The lowest BCUT2D eigenvalue weighted by molar-refractivity contribution is -0.164. The van der Waals surface area contributed by atoms with Gasteiger partial charge in [0.1, 0.15) is 44.1 Å². The minimum absolute atomic E-state index is 0.0192. The number of hydrogen-bond acceptors (Lipinski definition) is 11. The van der Waals surface area contributed by atoms with Gasteiger partial charge in [-0.3, -0.25) is 4.79 Å². The summed E-state index contributed by atoms with van der Waals surface area (Å²) in [5, 5.41) is 9.33. The van der Waals surface area contributed by atoms with Crippen LogP contribution >= 0.6 is 8.38 Å². The number of benzene rings is 1. The largest absolute Gasteiger partial charge is 0.497 e. The van der Waals surface area contributed by atoms with E-state index in [0.717, 1.165) is 29.6 Å². The third-order valence-corrected chi connectivity index (χ3v) is 10.8. The van der Waals surface area contributed by atoms with E-state index in [1.54, 1.807) is 48.6 Å². The van der Waals surface area contributed by atoms with E-state index < -0.39 is 64.4 Å². The zero-order chi connectivity index (χ0) is 45.5. The molecule has 2 heterocycles. The quantitative estimate of drug-likeness (QED) is 0.0285. The molecule has 0 saturated heterocycles. The van der Waals surface area contributed by atoms with Crippen LogP contribution in [-0.4, -0.2) is 114 Å². The van der Waals surface area contributed by atoms with E-state index in [0.29, 0.717) is 38.0 Å². The van der Waals surface area contributed by atoms with E-state index in [1.807, 2.05) is 19.1 Å². The maximum absolute atomic E-state index is 13.4. The summed E-state index contributed by atoms with van der Waals surface area (Å²) >= 11 is 0. The third-order valence-electron chi connectivity index (χ3n) is 9.48. The van der Waals surface area contributed by atoms with Crippen molar-refractivity contribution in [3.05, 3.63) is 90.1 Å². The molecule has 1 aromatic rings. The van der Waals surface area contributed by atoms with Gasteiger partial charge >= 0.3 is 18.3 Å². The van der Waals surface area contributed by atoms with E-state index in [-0.39, 0.29) is 50.7 Å². The number of halogens is 6. The van der Waals surface area contributed by atoms with E-state index in [4.69, 9.17) is 33.2 Å². The van der Waals surface area contributed by atoms with Gasteiger partial charge in [-0.05, 0) is 69.1 Å². The molecule has 0 aliphatic carbocycles. The number of aliphatic hydroxyl groups excluding tert-OH is 1. The Balaban J connectivity index is 1.86. The number of hydrogen-bond donors (Lipinski definition) is 1. The van der Waals surface area contributed by atoms with Crippen molar-refractivity contribution in [3.8, 4) is 5.75 Å². The predicted octanol–water partition coefficient (Wildman–Crippen LogP) is 9.65. The molecule has 3 rings (SSSR count). The number of alkyl halides is 6. The van der Waals surface area contributed by atoms with Crippen molar-refractivity contribution in [2.75, 3.05) is 53.6 Å². The molecule has 7 atom stereocenters. The lowest BCUT2D eigenvalue weighted by Crippen LogP contribution is -2.33. The molecular formula is C44H61F6O11P. The molecule has 2 aliphatic heterocycles. The molecule has 0 radical (unpaired) electrons. The molecule has 62 heavy (non-hydrogen) atoms. The van der Waals surface area contributed by atoms with Gasteiger partial charge in [0.25, 0.3) is 0 Å². The number of carbonyl (C=O) groups excluding carboxylic acids is 1. The SMILES string of the molecule is C=C(C[C@H](C)C[C@@H]1C=CC[C@@H](CCO)O1)C[C@@H](/C=C/C[C@H](OC(=O)CP(OCC(F)(F)F)OCC(F)(F)F)[C@H](/C=C/[C@@H]1CC(C)=CCO1)OCc1ccc(OC)cc1)OCOC. The highest BCUT2D eigenvalue weighted by Crippen LogP contribution is 2.42. The second-order valence-corrected chi connectivity index (χ2v) is 16.7. The van der Waals surface area contributed by atoms with E-state index >= 15 is 0 Å². The zero-order valence-electron chi connectivity index (χ0n) is 35.7. The molecule has 1 N–H and O–H groups in total. The van der Waals surface area contributed by atoms with Gasteiger partial charge < -0.3 is 47.3 Å². The van der Waals surface area contributed by atoms with Crippen LogP contribution in [0.2, 0.25) is 0 Å². The highest BCUT2D eigenvalue weighted by atomic mass is 31.2. The number of ether oxygens (including phenoxy) is 7. The average molecular weight is 911 g/mol. The second-order valence-electron chi connectivity index (χ2n) is 15.2. The smallest absolute Gasteiger partial charge is 0.412 e. The molecule has 0 bridgehead atoms. The Kier molecular flexibility index (Phi) is 24.0. The highest BCUT2D eigenvalue weighted by Gasteiger charge is 2.35. The number of carbonyl (C=O) groups is 1. The first kappa shape index (κ1) is 53.2. The minimum Gasteiger partial charge on any atom is -0.497 e. The molecule has 0 fully saturated rings. The Morgan fingerprint density at radius 3 is 2.37 bits per heavy atom. The van der Waals surface area contributed by atoms with Crippen molar-refractivity contribution >= 4 is 14.3 Å². The van der Waals surface area contributed by atoms with E-state index in [2.05, 4.69) is 28.6 Å². The van der Waals surface area contributed by atoms with Crippen LogP contribution in [0.4, 0.5) is 26.3 Å². The van der Waals surface area contributed by atoms with Crippen LogP contribution in [0.15, 0.2) is 84.5 Å². The first-order chi connectivity index (χ1) is 29.4. The molecule has 0 unspecified atom stereocenters. The van der Waals surface area contributed by atoms with Gasteiger partial charge in [-0.25, -0.2) is 0 Å². The maximum Gasteiger partial charge on any atom is 0.412 e. The fourth-order valence-corrected chi connectivity index (χ4v) is 7.67. The summed E-state index contributed by atoms with van der Waals surface area (Å²) in [6.45, 7) is 4.91. The fraction of sp³-hybridized carbons (Fsp3) is 0.614. The van der Waals surface area contributed by atoms with Crippen molar-refractivity contribution in [1.29, 1.82) is 0 Å². The lowest BCUT2D eigenvalue weighted by atomic mass is 9.92. The average Bonchev–Trinajstić information content (AvgIpc) is 3.20. The highest BCUT2D eigenvalue weighted by molar-refractivity contribution is 7.48. The van der Waals surface area contributed by atoms with Gasteiger partial charge in [0, 0.05) is 20.1 Å². The van der Waals surface area contributed by atoms with Gasteiger partial charge in [0.15, 0.2) is 8.38 Å². The standard InChI is InChI=1S/C44H61F6O11P/c1-31-19-21-55-38(23-31)16-17-40(56-26-34-12-14-35(54-5)15-13-34)41(61-42(52)27-62(58-28-43(45,46)47)59-29-44(48,49)50)11-7-9-37(57-30-53-4)24-32(2)22-33(3)25-39-10-6-8-36(60-39)18-20-51/h6-7,9-10,12-17,19,33,36-41,51H,2,8,11,18,20-30H2,1,3-5H3/b9-7+,17-16+/t33-,36-,37+,38+,39-,40-,41-/m0/s1. The van der Waals surface area contributed by atoms with Crippen LogP contribution in [0.1, 0.15) is 64.4 Å². The summed E-state index contributed by atoms with van der Waals surface area (Å²) in [4.78, 5) is 13.4. The molecule has 2 aliphatic rings. The monoisotopic (exact) mass is 910 g/mol. The van der Waals surface area contributed by atoms with Gasteiger partial charge in [0.2, 0.25) is 0 Å². The Bertz CT molecular complexity index is 1570. The molecular weight excluding hydrogens is 849 g/mol. The van der Waals surface area contributed by atoms with Crippen LogP contribution in [-0.2, 0) is 48.9 Å². The molecule has 11 nitrogen and oxygen atoms in total. The Morgan fingerprint density at radius 1 is 1.03 bits per heavy atom. The first-order valence-corrected chi connectivity index (χ1v) is 21.7. The molecule has 0 saturated carbocycles. The molecule has 0 amide bonds. The molecule has 18 heteroatoms. The van der Waals surface area contributed by atoms with Crippen molar-refractivity contribution in [1.82, 2.24) is 0 Å². The van der Waals surface area contributed by atoms with Crippen molar-refractivity contribution < 1.29 is 78.4 Å². The molecule has 350 valence electrons. The minimum atomic E-state index is -4.89. The molecule has 0 spiro atoms. The van der Waals surface area contributed by atoms with Crippen LogP contribution in [0, 0.1) is 5.92 Å². The van der Waals surface area contributed by atoms with Crippen molar-refractivity contribution in [2.24, 2.45) is 5.92 Å².